The van der Waals surface area contributed by atoms with Gasteiger partial charge in [0.2, 0.25) is 0 Å². The van der Waals surface area contributed by atoms with Gasteiger partial charge in [-0.3, -0.25) is 9.59 Å². The number of carboxylic acids is 1. The third-order valence-electron chi connectivity index (χ3n) is 4.71. The fraction of sp³-hybridized carbons (Fsp3) is 0.700. The number of aliphatic hydroxyl groups excluding tert-OH is 2. The number of hydrogen-bond acceptors (Lipinski definition) is 4. The van der Waals surface area contributed by atoms with Crippen LogP contribution in [0.5, 0.6) is 0 Å². The average Bonchev–Trinajstić information content (AvgIpc) is 2.82. The molecule has 0 amide bonds. The first-order valence-corrected chi connectivity index (χ1v) is 9.39. The first-order valence-electron chi connectivity index (χ1n) is 9.39. The van der Waals surface area contributed by atoms with Gasteiger partial charge in [-0.2, -0.15) is 0 Å². The number of aliphatic hydroxyl groups is 2. The molecule has 1 rings (SSSR count). The highest BCUT2D eigenvalue weighted by Crippen LogP contribution is 2.34. The van der Waals surface area contributed by atoms with Crippen molar-refractivity contribution in [3.05, 3.63) is 24.3 Å². The van der Waals surface area contributed by atoms with Crippen LogP contribution >= 0.6 is 0 Å². The molecular formula is C20H32O5. The van der Waals surface area contributed by atoms with Gasteiger partial charge in [0.1, 0.15) is 5.78 Å². The molecule has 3 N–H and O–H groups in total. The molecule has 5 heteroatoms. The number of hydrogen-bond donors (Lipinski definition) is 3. The molecule has 1 aliphatic carbocycles. The number of carboxylic acid groups (broad SMARTS) is 1. The molecule has 1 saturated carbocycles. The van der Waals surface area contributed by atoms with Crippen LogP contribution in [0.25, 0.3) is 0 Å². The average molecular weight is 352 g/mol. The predicted molar refractivity (Wildman–Crippen MR) is 97.1 cm³/mol. The van der Waals surface area contributed by atoms with E-state index in [1.165, 1.54) is 12.8 Å². The Bertz CT molecular complexity index is 469. The highest BCUT2D eigenvalue weighted by molar-refractivity contribution is 5.84. The van der Waals surface area contributed by atoms with Gasteiger partial charge in [-0.15, -0.1) is 0 Å². The van der Waals surface area contributed by atoms with Crippen LogP contribution < -0.4 is 0 Å². The lowest BCUT2D eigenvalue weighted by atomic mass is 9.89. The summed E-state index contributed by atoms with van der Waals surface area (Å²) in [5, 5.41) is 28.8. The molecule has 142 valence electrons. The van der Waals surface area contributed by atoms with Crippen LogP contribution in [0.1, 0.15) is 64.7 Å². The van der Waals surface area contributed by atoms with E-state index in [0.717, 1.165) is 12.8 Å². The summed E-state index contributed by atoms with van der Waals surface area (Å²) < 4.78 is 0. The summed E-state index contributed by atoms with van der Waals surface area (Å²) in [7, 11) is 0. The smallest absolute Gasteiger partial charge is 0.303 e. The van der Waals surface area contributed by atoms with Gasteiger partial charge in [-0.05, 0) is 32.1 Å². The van der Waals surface area contributed by atoms with E-state index in [1.807, 2.05) is 6.08 Å². The number of Topliss-reactive ketones (excluding diaryl/α,β-unsaturated/α-hetero) is 1. The van der Waals surface area contributed by atoms with Crippen LogP contribution in [0.2, 0.25) is 0 Å². The lowest BCUT2D eigenvalue weighted by Gasteiger charge is -2.17. The summed E-state index contributed by atoms with van der Waals surface area (Å²) in [5.41, 5.74) is 0. The van der Waals surface area contributed by atoms with Gasteiger partial charge >= 0.3 is 5.97 Å². The van der Waals surface area contributed by atoms with Gasteiger partial charge in [0.25, 0.3) is 0 Å². The van der Waals surface area contributed by atoms with E-state index in [4.69, 9.17) is 5.11 Å². The van der Waals surface area contributed by atoms with E-state index in [2.05, 4.69) is 13.0 Å². The molecule has 0 radical (unpaired) electrons. The molecule has 0 bridgehead atoms. The Hall–Kier alpha value is -1.46. The van der Waals surface area contributed by atoms with Crippen molar-refractivity contribution in [2.24, 2.45) is 11.8 Å². The zero-order valence-electron chi connectivity index (χ0n) is 15.1. The molecule has 0 aromatic carbocycles. The number of aliphatic carboxylic acids is 1. The van der Waals surface area contributed by atoms with Gasteiger partial charge in [0.05, 0.1) is 12.2 Å². The van der Waals surface area contributed by atoms with E-state index >= 15 is 0 Å². The molecule has 0 aromatic rings. The molecule has 5 nitrogen and oxygen atoms in total. The fourth-order valence-corrected chi connectivity index (χ4v) is 3.27. The first kappa shape index (κ1) is 21.6. The van der Waals surface area contributed by atoms with E-state index in [9.17, 15) is 19.8 Å². The quantitative estimate of drug-likeness (QED) is 0.370. The molecule has 0 spiro atoms. The largest absolute Gasteiger partial charge is 0.481 e. The summed E-state index contributed by atoms with van der Waals surface area (Å²) in [6.07, 6.45) is 12.2. The number of allylic oxidation sites excluding steroid dienone is 1. The molecule has 25 heavy (non-hydrogen) atoms. The minimum atomic E-state index is -0.876. The van der Waals surface area contributed by atoms with Gasteiger partial charge in [-0.25, -0.2) is 0 Å². The van der Waals surface area contributed by atoms with Crippen molar-refractivity contribution in [3.8, 4) is 0 Å². The molecule has 0 saturated heterocycles. The normalized spacial score (nSPS) is 25.2. The van der Waals surface area contributed by atoms with Gasteiger partial charge in [-0.1, -0.05) is 44.1 Å². The molecule has 0 heterocycles. The highest BCUT2D eigenvalue weighted by Gasteiger charge is 2.39. The maximum absolute atomic E-state index is 12.0. The Morgan fingerprint density at radius 2 is 2.04 bits per heavy atom. The molecule has 1 aliphatic rings. The van der Waals surface area contributed by atoms with Gasteiger partial charge in [0, 0.05) is 24.7 Å². The lowest BCUT2D eigenvalue weighted by molar-refractivity contribution is -0.137. The Morgan fingerprint density at radius 3 is 2.72 bits per heavy atom. The fourth-order valence-electron chi connectivity index (χ4n) is 3.27. The standard InChI is InChI=1S/C20H32O5/c1-2-3-4-5-6-7-9-15(21)12-13-17-16(10-8-11-20(24)25)18(22)14-19(17)23/h6-7,12-13,15-17,19,21,23H,2-5,8-11,14H2,1H3,(H,24,25)/b7-6-,13-12+/t15-,16-,17+,19-/m1/s1. The summed E-state index contributed by atoms with van der Waals surface area (Å²) in [6, 6.07) is 0. The summed E-state index contributed by atoms with van der Waals surface area (Å²) in [5.74, 6) is -1.57. The Labute approximate surface area is 150 Å². The number of ketones is 1. The first-order chi connectivity index (χ1) is 12.0. The number of rotatable bonds is 12. The lowest BCUT2D eigenvalue weighted by Crippen LogP contribution is -2.19. The van der Waals surface area contributed by atoms with E-state index in [0.29, 0.717) is 19.3 Å². The maximum atomic E-state index is 12.0. The third kappa shape index (κ3) is 8.45. The molecular weight excluding hydrogens is 320 g/mol. The van der Waals surface area contributed by atoms with Crippen LogP contribution in [0, 0.1) is 11.8 Å². The molecule has 1 fully saturated rings. The topological polar surface area (TPSA) is 94.8 Å². The Morgan fingerprint density at radius 1 is 1.28 bits per heavy atom. The summed E-state index contributed by atoms with van der Waals surface area (Å²) >= 11 is 0. The number of unbranched alkanes of at least 4 members (excludes halogenated alkanes) is 3. The van der Waals surface area contributed by atoms with Crippen molar-refractivity contribution in [1.82, 2.24) is 0 Å². The monoisotopic (exact) mass is 352 g/mol. The van der Waals surface area contributed by atoms with Crippen LogP contribution in [-0.4, -0.2) is 39.3 Å². The van der Waals surface area contributed by atoms with E-state index in [1.54, 1.807) is 12.2 Å². The Kier molecular flexibility index (Phi) is 10.3. The minimum Gasteiger partial charge on any atom is -0.481 e. The van der Waals surface area contributed by atoms with Crippen LogP contribution in [-0.2, 0) is 9.59 Å². The van der Waals surface area contributed by atoms with Crippen molar-refractivity contribution in [3.63, 3.8) is 0 Å². The second-order valence-electron chi connectivity index (χ2n) is 6.86. The van der Waals surface area contributed by atoms with Crippen LogP contribution in [0.15, 0.2) is 24.3 Å². The van der Waals surface area contributed by atoms with Crippen molar-refractivity contribution >= 4 is 11.8 Å². The minimum absolute atomic E-state index is 0.0159. The van der Waals surface area contributed by atoms with Gasteiger partial charge in [0.15, 0.2) is 0 Å². The van der Waals surface area contributed by atoms with Crippen molar-refractivity contribution in [2.45, 2.75) is 76.9 Å². The van der Waals surface area contributed by atoms with E-state index < -0.39 is 18.2 Å². The summed E-state index contributed by atoms with van der Waals surface area (Å²) in [4.78, 5) is 22.6. The van der Waals surface area contributed by atoms with Crippen LogP contribution in [0.3, 0.4) is 0 Å². The molecule has 0 aliphatic heterocycles. The highest BCUT2D eigenvalue weighted by atomic mass is 16.4. The second-order valence-corrected chi connectivity index (χ2v) is 6.86. The maximum Gasteiger partial charge on any atom is 0.303 e. The third-order valence-corrected chi connectivity index (χ3v) is 4.71. The number of carbonyl (C=O) groups is 2. The molecule has 0 aromatic heterocycles. The zero-order valence-corrected chi connectivity index (χ0v) is 15.1. The SMILES string of the molecule is CCCCC/C=C\C[C@@H](O)/C=C/[C@@H]1[C@H](O)CC(=O)[C@@H]1CCCC(=O)O. The molecule has 0 unspecified atom stereocenters. The Balaban J connectivity index is 2.45. The molecule has 4 atom stereocenters. The predicted octanol–water partition coefficient (Wildman–Crippen LogP) is 3.25. The second kappa shape index (κ2) is 12.0. The van der Waals surface area contributed by atoms with Crippen molar-refractivity contribution in [1.29, 1.82) is 0 Å². The number of carbonyl (C=O) groups excluding carboxylic acids is 1. The van der Waals surface area contributed by atoms with Crippen molar-refractivity contribution in [2.75, 3.05) is 0 Å². The van der Waals surface area contributed by atoms with Crippen LogP contribution in [0.4, 0.5) is 0 Å². The van der Waals surface area contributed by atoms with Crippen molar-refractivity contribution < 1.29 is 24.9 Å². The zero-order chi connectivity index (χ0) is 18.7. The summed E-state index contributed by atoms with van der Waals surface area (Å²) in [6.45, 7) is 2.16. The van der Waals surface area contributed by atoms with Gasteiger partial charge < -0.3 is 15.3 Å². The van der Waals surface area contributed by atoms with E-state index in [-0.39, 0.29) is 30.5 Å².